The van der Waals surface area contributed by atoms with Gasteiger partial charge in [-0.25, -0.2) is 18.2 Å². The average molecular weight is 500 g/mol. The number of aryl methyl sites for hydroxylation is 2. The van der Waals surface area contributed by atoms with Crippen molar-refractivity contribution in [2.24, 2.45) is 0 Å². The first-order valence-electron chi connectivity index (χ1n) is 9.84. The summed E-state index contributed by atoms with van der Waals surface area (Å²) in [6.45, 7) is 3.85. The number of hydrogen-bond acceptors (Lipinski definition) is 6. The molecule has 0 radical (unpaired) electrons. The molecule has 1 aromatic carbocycles. The van der Waals surface area contributed by atoms with Crippen LogP contribution < -0.4 is 4.72 Å². The molecule has 2 N–H and O–H groups in total. The molecular formula is C23H21N3O4S3. The van der Waals surface area contributed by atoms with E-state index in [4.69, 9.17) is 5.11 Å². The Kier molecular flexibility index (Phi) is 6.24. The molecule has 0 bridgehead atoms. The summed E-state index contributed by atoms with van der Waals surface area (Å²) in [7, 11) is -3.39. The van der Waals surface area contributed by atoms with Crippen LogP contribution >= 0.6 is 22.7 Å². The van der Waals surface area contributed by atoms with E-state index in [9.17, 15) is 13.2 Å². The van der Waals surface area contributed by atoms with Crippen molar-refractivity contribution in [2.75, 3.05) is 11.0 Å². The summed E-state index contributed by atoms with van der Waals surface area (Å²) >= 11 is 3.09. The second kappa shape index (κ2) is 8.97. The molecule has 10 heteroatoms. The van der Waals surface area contributed by atoms with Crippen LogP contribution in [-0.2, 0) is 14.8 Å². The molecule has 0 saturated heterocycles. The van der Waals surface area contributed by atoms with Crippen LogP contribution in [0.1, 0.15) is 16.3 Å². The summed E-state index contributed by atoms with van der Waals surface area (Å²) in [4.78, 5) is 17.3. The quantitative estimate of drug-likeness (QED) is 0.331. The number of rotatable bonds is 7. The van der Waals surface area contributed by atoms with Crippen molar-refractivity contribution < 1.29 is 18.3 Å². The topological polar surface area (TPSA) is 101 Å². The molecule has 3 aromatic heterocycles. The molecule has 4 aromatic rings. The van der Waals surface area contributed by atoms with E-state index in [1.165, 1.54) is 11.3 Å². The highest BCUT2D eigenvalue weighted by Crippen LogP contribution is 2.44. The fourth-order valence-electron chi connectivity index (χ4n) is 3.54. The molecule has 0 fully saturated rings. The Balaban J connectivity index is 1.84. The van der Waals surface area contributed by atoms with Gasteiger partial charge in [-0.3, -0.25) is 9.29 Å². The van der Waals surface area contributed by atoms with Gasteiger partial charge in [0.25, 0.3) is 0 Å². The van der Waals surface area contributed by atoms with E-state index >= 15 is 0 Å². The van der Waals surface area contributed by atoms with Crippen LogP contribution in [0.15, 0.2) is 54.2 Å². The third kappa shape index (κ3) is 5.08. The van der Waals surface area contributed by atoms with Crippen molar-refractivity contribution in [3.63, 3.8) is 0 Å². The summed E-state index contributed by atoms with van der Waals surface area (Å²) in [5.74, 6) is -0.127. The maximum atomic E-state index is 11.6. The van der Waals surface area contributed by atoms with E-state index in [1.807, 2.05) is 48.2 Å². The molecule has 0 aliphatic carbocycles. The summed E-state index contributed by atoms with van der Waals surface area (Å²) < 4.78 is 27.7. The minimum Gasteiger partial charge on any atom is -0.478 e. The molecule has 7 nitrogen and oxygen atoms in total. The zero-order valence-electron chi connectivity index (χ0n) is 18.1. The molecule has 0 saturated carbocycles. The minimum atomic E-state index is -3.39. The number of aliphatic carboxylic acids is 1. The number of sulfonamides is 1. The Morgan fingerprint density at radius 3 is 2.61 bits per heavy atom. The van der Waals surface area contributed by atoms with Crippen molar-refractivity contribution >= 4 is 50.4 Å². The van der Waals surface area contributed by atoms with Gasteiger partial charge in [0.05, 0.1) is 6.26 Å². The lowest BCUT2D eigenvalue weighted by atomic mass is 9.96. The first kappa shape index (κ1) is 23.0. The number of carbonyl (C=O) groups is 1. The summed E-state index contributed by atoms with van der Waals surface area (Å²) in [6.07, 6.45) is 7.51. The molecule has 0 spiro atoms. The number of anilines is 1. The molecule has 3 heterocycles. The Morgan fingerprint density at radius 1 is 1.18 bits per heavy atom. The normalized spacial score (nSPS) is 11.8. The van der Waals surface area contributed by atoms with E-state index < -0.39 is 16.0 Å². The van der Waals surface area contributed by atoms with Crippen LogP contribution in [0, 0.1) is 13.8 Å². The first-order chi connectivity index (χ1) is 15.6. The van der Waals surface area contributed by atoms with Gasteiger partial charge in [-0.2, -0.15) is 0 Å². The summed E-state index contributed by atoms with van der Waals surface area (Å²) in [6, 6.07) is 9.43. The Morgan fingerprint density at radius 2 is 1.97 bits per heavy atom. The van der Waals surface area contributed by atoms with E-state index in [2.05, 4.69) is 9.71 Å². The molecule has 0 amide bonds. The summed E-state index contributed by atoms with van der Waals surface area (Å²) in [5, 5.41) is 12.2. The van der Waals surface area contributed by atoms with Gasteiger partial charge >= 0.3 is 5.97 Å². The molecule has 0 aliphatic rings. The van der Waals surface area contributed by atoms with Crippen molar-refractivity contribution in [1.29, 1.82) is 0 Å². The number of hydrogen-bond donors (Lipinski definition) is 2. The Bertz CT molecular complexity index is 1480. The second-order valence-corrected chi connectivity index (χ2v) is 11.2. The zero-order chi connectivity index (χ0) is 23.8. The largest absolute Gasteiger partial charge is 0.478 e. The molecule has 0 aliphatic heterocycles. The van der Waals surface area contributed by atoms with E-state index in [0.717, 1.165) is 55.2 Å². The lowest BCUT2D eigenvalue weighted by Crippen LogP contribution is -2.09. The van der Waals surface area contributed by atoms with Crippen LogP contribution in [0.25, 0.3) is 32.6 Å². The monoisotopic (exact) mass is 499 g/mol. The van der Waals surface area contributed by atoms with Crippen LogP contribution in [0.2, 0.25) is 0 Å². The standard InChI is InChI=1S/C23H21N3O4S3/c1-14-12-16(25-33(3,29)30)4-5-17(14)23-18(13-31-20(23)7-9-22(27)28)19-6-8-21(32-19)26-11-10-24-15(26)2/h4-13,25H,1-3H3,(H,27,28)/b9-7+. The van der Waals surface area contributed by atoms with Gasteiger partial charge in [0.1, 0.15) is 10.8 Å². The molecule has 0 unspecified atom stereocenters. The number of thiophene rings is 2. The average Bonchev–Trinajstić information content (AvgIpc) is 3.44. The SMILES string of the molecule is Cc1cc(NS(C)(=O)=O)ccc1-c1c(-c2ccc(-n3ccnc3C)s2)csc1/C=C/C(=O)O. The lowest BCUT2D eigenvalue weighted by molar-refractivity contribution is -0.131. The van der Waals surface area contributed by atoms with E-state index in [1.54, 1.807) is 35.7 Å². The molecular weight excluding hydrogens is 478 g/mol. The number of nitrogens with one attached hydrogen (secondary N) is 1. The van der Waals surface area contributed by atoms with Gasteiger partial charge in [0.15, 0.2) is 0 Å². The number of benzene rings is 1. The fraction of sp³-hybridized carbons (Fsp3) is 0.130. The van der Waals surface area contributed by atoms with E-state index in [-0.39, 0.29) is 0 Å². The fourth-order valence-corrected chi connectivity index (χ4v) is 6.20. The number of imidazole rings is 1. The Hall–Kier alpha value is -3.21. The maximum Gasteiger partial charge on any atom is 0.328 e. The minimum absolute atomic E-state index is 0.479. The number of nitrogens with zero attached hydrogens (tertiary/aromatic N) is 2. The highest BCUT2D eigenvalue weighted by Gasteiger charge is 2.18. The van der Waals surface area contributed by atoms with Crippen LogP contribution in [-0.4, -0.2) is 35.3 Å². The predicted molar refractivity (Wildman–Crippen MR) is 135 cm³/mol. The van der Waals surface area contributed by atoms with Crippen molar-refractivity contribution in [1.82, 2.24) is 9.55 Å². The van der Waals surface area contributed by atoms with Gasteiger partial charge < -0.3 is 5.11 Å². The van der Waals surface area contributed by atoms with Crippen LogP contribution in [0.3, 0.4) is 0 Å². The highest BCUT2D eigenvalue weighted by molar-refractivity contribution is 7.92. The van der Waals surface area contributed by atoms with Gasteiger partial charge in [-0.1, -0.05) is 6.07 Å². The molecule has 33 heavy (non-hydrogen) atoms. The van der Waals surface area contributed by atoms with Crippen LogP contribution in [0.5, 0.6) is 0 Å². The van der Waals surface area contributed by atoms with Gasteiger partial charge in [-0.15, -0.1) is 22.7 Å². The number of aromatic nitrogens is 2. The summed E-state index contributed by atoms with van der Waals surface area (Å²) in [5.41, 5.74) is 4.16. The zero-order valence-corrected chi connectivity index (χ0v) is 20.5. The molecule has 170 valence electrons. The van der Waals surface area contributed by atoms with Gasteiger partial charge in [0, 0.05) is 50.4 Å². The van der Waals surface area contributed by atoms with E-state index in [0.29, 0.717) is 5.69 Å². The highest BCUT2D eigenvalue weighted by atomic mass is 32.2. The predicted octanol–water partition coefficient (Wildman–Crippen LogP) is 5.42. The lowest BCUT2D eigenvalue weighted by Gasteiger charge is -2.12. The number of carboxylic acid groups (broad SMARTS) is 1. The van der Waals surface area contributed by atoms with Crippen molar-refractivity contribution in [3.05, 3.63) is 70.4 Å². The van der Waals surface area contributed by atoms with Gasteiger partial charge in [-0.05, 0) is 55.3 Å². The van der Waals surface area contributed by atoms with Gasteiger partial charge in [0.2, 0.25) is 10.0 Å². The first-order valence-corrected chi connectivity index (χ1v) is 13.4. The van der Waals surface area contributed by atoms with Crippen molar-refractivity contribution in [3.8, 4) is 26.6 Å². The smallest absolute Gasteiger partial charge is 0.328 e. The number of carboxylic acids is 1. The second-order valence-electron chi connectivity index (χ2n) is 7.45. The Labute approximate surface area is 199 Å². The molecule has 4 rings (SSSR count). The van der Waals surface area contributed by atoms with Crippen LogP contribution in [0.4, 0.5) is 5.69 Å². The third-order valence-corrected chi connectivity index (χ3v) is 7.59. The molecule has 0 atom stereocenters. The van der Waals surface area contributed by atoms with Crippen molar-refractivity contribution in [2.45, 2.75) is 13.8 Å². The third-order valence-electron chi connectivity index (χ3n) is 4.92. The maximum absolute atomic E-state index is 11.6.